The van der Waals surface area contributed by atoms with Gasteiger partial charge in [-0.15, -0.1) is 0 Å². The number of amides is 2. The van der Waals surface area contributed by atoms with Crippen molar-refractivity contribution in [3.63, 3.8) is 0 Å². The summed E-state index contributed by atoms with van der Waals surface area (Å²) >= 11 is 0. The molecule has 0 spiro atoms. The number of carbonyl (C=O) groups is 1. The summed E-state index contributed by atoms with van der Waals surface area (Å²) in [7, 11) is 0. The number of halogens is 1. The standard InChI is InChI=1S/C17H23FN2O4/c18-13-5-3-12(4-6-13)16(15-2-1-7-24-15)20-17(21)19-10-14-11-22-8-9-23-14/h3-6,14-16H,1-2,7-11H2,(H2,19,20,21)/t14-,15-,16+/m1/s1. The largest absolute Gasteiger partial charge is 0.376 e. The average molecular weight is 338 g/mol. The third-order valence-corrected chi connectivity index (χ3v) is 4.23. The normalized spacial score (nSPS) is 25.2. The maximum atomic E-state index is 13.2. The van der Waals surface area contributed by atoms with Crippen LogP contribution >= 0.6 is 0 Å². The molecule has 24 heavy (non-hydrogen) atoms. The van der Waals surface area contributed by atoms with E-state index in [4.69, 9.17) is 14.2 Å². The van der Waals surface area contributed by atoms with Gasteiger partial charge in [0, 0.05) is 13.2 Å². The molecular weight excluding hydrogens is 315 g/mol. The van der Waals surface area contributed by atoms with Gasteiger partial charge in [0.1, 0.15) is 5.82 Å². The van der Waals surface area contributed by atoms with Gasteiger partial charge in [0.2, 0.25) is 0 Å². The Morgan fingerprint density at radius 3 is 2.71 bits per heavy atom. The number of urea groups is 1. The molecule has 3 rings (SSSR count). The molecular formula is C17H23FN2O4. The smallest absolute Gasteiger partial charge is 0.315 e. The van der Waals surface area contributed by atoms with Crippen LogP contribution in [0.2, 0.25) is 0 Å². The Labute approximate surface area is 140 Å². The Kier molecular flexibility index (Phi) is 6.01. The highest BCUT2D eigenvalue weighted by molar-refractivity contribution is 5.74. The van der Waals surface area contributed by atoms with E-state index in [0.717, 1.165) is 18.4 Å². The number of benzene rings is 1. The quantitative estimate of drug-likeness (QED) is 0.858. The molecule has 2 aliphatic heterocycles. The van der Waals surface area contributed by atoms with Crippen LogP contribution in [-0.2, 0) is 14.2 Å². The molecule has 0 aliphatic carbocycles. The minimum absolute atomic E-state index is 0.101. The fourth-order valence-electron chi connectivity index (χ4n) is 2.98. The lowest BCUT2D eigenvalue weighted by molar-refractivity contribution is -0.0854. The molecule has 0 unspecified atom stereocenters. The van der Waals surface area contributed by atoms with Gasteiger partial charge >= 0.3 is 6.03 Å². The molecule has 2 heterocycles. The summed E-state index contributed by atoms with van der Waals surface area (Å²) in [6, 6.07) is 5.54. The molecule has 2 fully saturated rings. The Balaban J connectivity index is 1.58. The van der Waals surface area contributed by atoms with Gasteiger partial charge in [-0.2, -0.15) is 0 Å². The summed E-state index contributed by atoms with van der Waals surface area (Å²) in [5.74, 6) is -0.302. The van der Waals surface area contributed by atoms with Crippen LogP contribution in [0.3, 0.4) is 0 Å². The van der Waals surface area contributed by atoms with Crippen molar-refractivity contribution in [2.24, 2.45) is 0 Å². The molecule has 2 amide bonds. The molecule has 3 atom stereocenters. The summed E-state index contributed by atoms with van der Waals surface area (Å²) in [6.07, 6.45) is 1.59. The molecule has 1 aromatic carbocycles. The van der Waals surface area contributed by atoms with Crippen molar-refractivity contribution >= 4 is 6.03 Å². The Hall–Kier alpha value is -1.70. The Morgan fingerprint density at radius 2 is 2.04 bits per heavy atom. The maximum Gasteiger partial charge on any atom is 0.315 e. The Morgan fingerprint density at radius 1 is 1.21 bits per heavy atom. The van der Waals surface area contributed by atoms with Crippen LogP contribution in [0.1, 0.15) is 24.4 Å². The highest BCUT2D eigenvalue weighted by atomic mass is 19.1. The summed E-state index contributed by atoms with van der Waals surface area (Å²) < 4.78 is 29.7. The zero-order chi connectivity index (χ0) is 16.8. The molecule has 2 saturated heterocycles. The van der Waals surface area contributed by atoms with Crippen LogP contribution in [0.25, 0.3) is 0 Å². The van der Waals surface area contributed by atoms with Gasteiger partial charge in [0.05, 0.1) is 38.1 Å². The molecule has 1 aromatic rings. The third kappa shape index (κ3) is 4.66. The average Bonchev–Trinajstić information content (AvgIpc) is 3.14. The first kappa shape index (κ1) is 17.1. The summed E-state index contributed by atoms with van der Waals surface area (Å²) in [6.45, 7) is 2.68. The van der Waals surface area contributed by atoms with Gasteiger partial charge < -0.3 is 24.8 Å². The molecule has 2 aliphatic rings. The van der Waals surface area contributed by atoms with E-state index in [9.17, 15) is 9.18 Å². The minimum Gasteiger partial charge on any atom is -0.376 e. The first-order valence-electron chi connectivity index (χ1n) is 8.33. The van der Waals surface area contributed by atoms with Crippen LogP contribution in [0.5, 0.6) is 0 Å². The van der Waals surface area contributed by atoms with Gasteiger partial charge in [-0.1, -0.05) is 12.1 Å². The third-order valence-electron chi connectivity index (χ3n) is 4.23. The first-order valence-corrected chi connectivity index (χ1v) is 8.33. The van der Waals surface area contributed by atoms with Crippen molar-refractivity contribution in [3.05, 3.63) is 35.6 Å². The lowest BCUT2D eigenvalue weighted by Gasteiger charge is -2.26. The van der Waals surface area contributed by atoms with Crippen molar-refractivity contribution in [1.29, 1.82) is 0 Å². The molecule has 0 radical (unpaired) electrons. The number of carbonyl (C=O) groups excluding carboxylic acids is 1. The number of nitrogens with one attached hydrogen (secondary N) is 2. The monoisotopic (exact) mass is 338 g/mol. The highest BCUT2D eigenvalue weighted by Crippen LogP contribution is 2.27. The van der Waals surface area contributed by atoms with E-state index in [1.807, 2.05) is 0 Å². The van der Waals surface area contributed by atoms with Crippen LogP contribution < -0.4 is 10.6 Å². The maximum absolute atomic E-state index is 13.2. The molecule has 132 valence electrons. The SMILES string of the molecule is O=C(NC[C@@H]1COCCO1)N[C@@H](c1ccc(F)cc1)[C@H]1CCCO1. The lowest BCUT2D eigenvalue weighted by Crippen LogP contribution is -2.46. The van der Waals surface area contributed by atoms with E-state index in [0.29, 0.717) is 33.0 Å². The zero-order valence-corrected chi connectivity index (χ0v) is 13.5. The predicted octanol–water partition coefficient (Wildman–Crippen LogP) is 1.76. The van der Waals surface area contributed by atoms with Crippen LogP contribution in [0.4, 0.5) is 9.18 Å². The van der Waals surface area contributed by atoms with Gasteiger partial charge in [-0.05, 0) is 30.5 Å². The van der Waals surface area contributed by atoms with E-state index in [1.165, 1.54) is 12.1 Å². The van der Waals surface area contributed by atoms with Crippen molar-refractivity contribution in [1.82, 2.24) is 10.6 Å². The van der Waals surface area contributed by atoms with Gasteiger partial charge in [0.25, 0.3) is 0 Å². The number of hydrogen-bond acceptors (Lipinski definition) is 4. The van der Waals surface area contributed by atoms with Crippen molar-refractivity contribution in [2.45, 2.75) is 31.1 Å². The summed E-state index contributed by atoms with van der Waals surface area (Å²) in [4.78, 5) is 12.2. The molecule has 7 heteroatoms. The van der Waals surface area contributed by atoms with Crippen molar-refractivity contribution < 1.29 is 23.4 Å². The minimum atomic E-state index is -0.309. The topological polar surface area (TPSA) is 68.8 Å². The van der Waals surface area contributed by atoms with E-state index < -0.39 is 0 Å². The number of hydrogen-bond donors (Lipinski definition) is 2. The predicted molar refractivity (Wildman–Crippen MR) is 85.2 cm³/mol. The number of rotatable bonds is 5. The summed E-state index contributed by atoms with van der Waals surface area (Å²) in [5.41, 5.74) is 0.829. The fraction of sp³-hybridized carbons (Fsp3) is 0.588. The molecule has 0 bridgehead atoms. The van der Waals surface area contributed by atoms with Gasteiger partial charge in [-0.25, -0.2) is 9.18 Å². The highest BCUT2D eigenvalue weighted by Gasteiger charge is 2.29. The van der Waals surface area contributed by atoms with E-state index in [2.05, 4.69) is 10.6 Å². The second-order valence-electron chi connectivity index (χ2n) is 6.00. The second-order valence-corrected chi connectivity index (χ2v) is 6.00. The van der Waals surface area contributed by atoms with E-state index in [1.54, 1.807) is 12.1 Å². The summed E-state index contributed by atoms with van der Waals surface area (Å²) in [5, 5.41) is 5.74. The van der Waals surface area contributed by atoms with Gasteiger partial charge in [-0.3, -0.25) is 0 Å². The number of ether oxygens (including phenoxy) is 3. The molecule has 0 saturated carbocycles. The van der Waals surface area contributed by atoms with Crippen molar-refractivity contribution in [3.8, 4) is 0 Å². The van der Waals surface area contributed by atoms with Crippen LogP contribution in [0, 0.1) is 5.82 Å². The fourth-order valence-corrected chi connectivity index (χ4v) is 2.98. The Bertz CT molecular complexity index is 528. The molecule has 0 aromatic heterocycles. The molecule has 6 nitrogen and oxygen atoms in total. The van der Waals surface area contributed by atoms with Crippen LogP contribution in [0.15, 0.2) is 24.3 Å². The second kappa shape index (κ2) is 8.41. The zero-order valence-electron chi connectivity index (χ0n) is 13.5. The first-order chi connectivity index (χ1) is 11.7. The van der Waals surface area contributed by atoms with E-state index in [-0.39, 0.29) is 30.1 Å². The molecule has 2 N–H and O–H groups in total. The van der Waals surface area contributed by atoms with Crippen LogP contribution in [-0.4, -0.2) is 51.2 Å². The van der Waals surface area contributed by atoms with E-state index >= 15 is 0 Å². The lowest BCUT2D eigenvalue weighted by atomic mass is 9.99. The van der Waals surface area contributed by atoms with Gasteiger partial charge in [0.15, 0.2) is 0 Å². The van der Waals surface area contributed by atoms with Crippen molar-refractivity contribution in [2.75, 3.05) is 33.0 Å².